The Morgan fingerprint density at radius 2 is 2.44 bits per heavy atom. The molecule has 1 atom stereocenters. The summed E-state index contributed by atoms with van der Waals surface area (Å²) in [6.45, 7) is 2.71. The number of nitrogens with one attached hydrogen (secondary N) is 1. The van der Waals surface area contributed by atoms with Crippen LogP contribution in [-0.4, -0.2) is 17.0 Å². The number of nitrogens with zero attached hydrogens (tertiary/aromatic N) is 1. The van der Waals surface area contributed by atoms with E-state index < -0.39 is 0 Å². The summed E-state index contributed by atoms with van der Waals surface area (Å²) >= 11 is 1.74. The second-order valence-electron chi connectivity index (χ2n) is 3.81. The van der Waals surface area contributed by atoms with Crippen molar-refractivity contribution in [3.63, 3.8) is 0 Å². The van der Waals surface area contributed by atoms with E-state index in [0.29, 0.717) is 12.6 Å². The quantitative estimate of drug-likeness (QED) is 0.875. The average molecular weight is 238 g/mol. The molecule has 2 nitrogen and oxygen atoms in total. The van der Waals surface area contributed by atoms with E-state index in [4.69, 9.17) is 0 Å². The molecule has 0 amide bonds. The first-order chi connectivity index (χ1) is 7.78. The van der Waals surface area contributed by atoms with E-state index >= 15 is 0 Å². The summed E-state index contributed by atoms with van der Waals surface area (Å²) in [6, 6.07) is 7.13. The third-order valence-corrected chi connectivity index (χ3v) is 3.63. The lowest BCUT2D eigenvalue weighted by Gasteiger charge is -2.04. The molecule has 86 valence electrons. The van der Waals surface area contributed by atoms with Crippen LogP contribution in [0.2, 0.25) is 0 Å². The van der Waals surface area contributed by atoms with Crippen LogP contribution in [0.4, 0.5) is 4.39 Å². The standard InChI is InChI=1S/C12H15FN2S/c1-2-11-8-16-12(15-11)14-7-9-4-3-5-10(13)6-9/h3-6,11H,2,7-8H2,1H3,(H,14,15). The molecule has 1 aliphatic rings. The lowest BCUT2D eigenvalue weighted by molar-refractivity contribution is 0.625. The van der Waals surface area contributed by atoms with Gasteiger partial charge in [0.05, 0.1) is 6.54 Å². The van der Waals surface area contributed by atoms with Crippen LogP contribution < -0.4 is 5.32 Å². The number of thioether (sulfide) groups is 1. The normalized spacial score (nSPS) is 22.4. The second kappa shape index (κ2) is 5.34. The summed E-state index contributed by atoms with van der Waals surface area (Å²) in [5.74, 6) is 0.884. The zero-order valence-electron chi connectivity index (χ0n) is 9.24. The Bertz CT molecular complexity index is 392. The summed E-state index contributed by atoms with van der Waals surface area (Å²) in [6.07, 6.45) is 1.12. The maximum atomic E-state index is 12.9. The minimum Gasteiger partial charge on any atom is -0.361 e. The Morgan fingerprint density at radius 1 is 1.56 bits per heavy atom. The van der Waals surface area contributed by atoms with Crippen molar-refractivity contribution in [2.75, 3.05) is 5.75 Å². The van der Waals surface area contributed by atoms with Crippen LogP contribution in [0.15, 0.2) is 29.3 Å². The smallest absolute Gasteiger partial charge is 0.157 e. The van der Waals surface area contributed by atoms with Gasteiger partial charge in [0, 0.05) is 11.8 Å². The molecule has 0 radical (unpaired) electrons. The van der Waals surface area contributed by atoms with E-state index in [-0.39, 0.29) is 5.82 Å². The van der Waals surface area contributed by atoms with Gasteiger partial charge in [-0.1, -0.05) is 30.8 Å². The topological polar surface area (TPSA) is 24.4 Å². The minimum atomic E-state index is -0.198. The van der Waals surface area contributed by atoms with Crippen molar-refractivity contribution in [2.24, 2.45) is 4.99 Å². The predicted octanol–water partition coefficient (Wildman–Crippen LogP) is 2.80. The number of aliphatic imine (C=N–C) groups is 1. The molecule has 1 unspecified atom stereocenters. The molecule has 0 spiro atoms. The Balaban J connectivity index is 1.94. The van der Waals surface area contributed by atoms with Crippen LogP contribution in [0.5, 0.6) is 0 Å². The van der Waals surface area contributed by atoms with Gasteiger partial charge in [-0.15, -0.1) is 0 Å². The highest BCUT2D eigenvalue weighted by atomic mass is 32.2. The second-order valence-corrected chi connectivity index (χ2v) is 4.82. The molecule has 1 aliphatic heterocycles. The van der Waals surface area contributed by atoms with Gasteiger partial charge < -0.3 is 5.32 Å². The van der Waals surface area contributed by atoms with E-state index in [0.717, 1.165) is 22.9 Å². The molecule has 0 bridgehead atoms. The van der Waals surface area contributed by atoms with Gasteiger partial charge in [-0.05, 0) is 24.1 Å². The van der Waals surface area contributed by atoms with Gasteiger partial charge in [0.25, 0.3) is 0 Å². The van der Waals surface area contributed by atoms with E-state index in [9.17, 15) is 4.39 Å². The molecule has 1 N–H and O–H groups in total. The average Bonchev–Trinajstić information content (AvgIpc) is 2.74. The number of benzene rings is 1. The van der Waals surface area contributed by atoms with Crippen LogP contribution in [0.1, 0.15) is 18.9 Å². The Labute approximate surface area is 99.3 Å². The Kier molecular flexibility index (Phi) is 3.83. The summed E-state index contributed by atoms with van der Waals surface area (Å²) < 4.78 is 12.9. The van der Waals surface area contributed by atoms with E-state index in [1.165, 1.54) is 12.1 Å². The summed E-state index contributed by atoms with van der Waals surface area (Å²) in [5, 5.41) is 4.33. The van der Waals surface area contributed by atoms with Gasteiger partial charge in [-0.2, -0.15) is 0 Å². The highest BCUT2D eigenvalue weighted by molar-refractivity contribution is 8.14. The SMILES string of the molecule is CCC1CSC(=NCc2cccc(F)c2)N1. The van der Waals surface area contributed by atoms with Crippen LogP contribution >= 0.6 is 11.8 Å². The molecule has 1 aromatic carbocycles. The van der Waals surface area contributed by atoms with Crippen molar-refractivity contribution in [1.82, 2.24) is 5.32 Å². The zero-order valence-corrected chi connectivity index (χ0v) is 10.1. The van der Waals surface area contributed by atoms with Crippen LogP contribution in [0.3, 0.4) is 0 Å². The van der Waals surface area contributed by atoms with Crippen molar-refractivity contribution >= 4 is 16.9 Å². The lowest BCUT2D eigenvalue weighted by atomic mass is 10.2. The van der Waals surface area contributed by atoms with Gasteiger partial charge in [0.1, 0.15) is 5.82 Å². The first kappa shape index (κ1) is 11.5. The van der Waals surface area contributed by atoms with Crippen molar-refractivity contribution < 1.29 is 4.39 Å². The van der Waals surface area contributed by atoms with Gasteiger partial charge in [-0.3, -0.25) is 4.99 Å². The minimum absolute atomic E-state index is 0.198. The third kappa shape index (κ3) is 2.98. The molecule has 1 aromatic rings. The van der Waals surface area contributed by atoms with Gasteiger partial charge in [0.2, 0.25) is 0 Å². The molecular weight excluding hydrogens is 223 g/mol. The molecule has 16 heavy (non-hydrogen) atoms. The van der Waals surface area contributed by atoms with E-state index in [1.54, 1.807) is 17.8 Å². The number of rotatable bonds is 3. The van der Waals surface area contributed by atoms with Crippen LogP contribution in [-0.2, 0) is 6.54 Å². The third-order valence-electron chi connectivity index (χ3n) is 2.54. The maximum Gasteiger partial charge on any atom is 0.157 e. The number of hydrogen-bond donors (Lipinski definition) is 1. The largest absolute Gasteiger partial charge is 0.361 e. The highest BCUT2D eigenvalue weighted by Crippen LogP contribution is 2.16. The van der Waals surface area contributed by atoms with Crippen LogP contribution in [0.25, 0.3) is 0 Å². The number of hydrogen-bond acceptors (Lipinski definition) is 2. The molecule has 2 rings (SSSR count). The van der Waals surface area contributed by atoms with Crippen molar-refractivity contribution in [2.45, 2.75) is 25.9 Å². The molecule has 1 fully saturated rings. The fourth-order valence-electron chi connectivity index (χ4n) is 1.55. The van der Waals surface area contributed by atoms with Crippen LogP contribution in [0, 0.1) is 5.82 Å². The van der Waals surface area contributed by atoms with Gasteiger partial charge in [-0.25, -0.2) is 4.39 Å². The first-order valence-electron chi connectivity index (χ1n) is 5.46. The molecule has 0 aliphatic carbocycles. The monoisotopic (exact) mass is 238 g/mol. The molecule has 4 heteroatoms. The molecule has 0 saturated carbocycles. The highest BCUT2D eigenvalue weighted by Gasteiger charge is 2.17. The van der Waals surface area contributed by atoms with E-state index in [2.05, 4.69) is 17.2 Å². The molecule has 1 saturated heterocycles. The lowest BCUT2D eigenvalue weighted by Crippen LogP contribution is -2.25. The first-order valence-corrected chi connectivity index (χ1v) is 6.44. The van der Waals surface area contributed by atoms with Crippen molar-refractivity contribution in [3.05, 3.63) is 35.6 Å². The van der Waals surface area contributed by atoms with Crippen molar-refractivity contribution in [1.29, 1.82) is 0 Å². The number of amidine groups is 1. The molecule has 0 aromatic heterocycles. The maximum absolute atomic E-state index is 12.9. The fourth-order valence-corrected chi connectivity index (χ4v) is 2.63. The molecule has 1 heterocycles. The predicted molar refractivity (Wildman–Crippen MR) is 67.2 cm³/mol. The summed E-state index contributed by atoms with van der Waals surface area (Å²) in [7, 11) is 0. The van der Waals surface area contributed by atoms with Crippen molar-refractivity contribution in [3.8, 4) is 0 Å². The van der Waals surface area contributed by atoms with E-state index in [1.807, 2.05) is 6.07 Å². The fraction of sp³-hybridized carbons (Fsp3) is 0.417. The van der Waals surface area contributed by atoms with Gasteiger partial charge >= 0.3 is 0 Å². The van der Waals surface area contributed by atoms with Gasteiger partial charge in [0.15, 0.2) is 5.17 Å². The Hall–Kier alpha value is -1.03. The zero-order chi connectivity index (χ0) is 11.4. The molecular formula is C12H15FN2S. The Morgan fingerprint density at radius 3 is 3.12 bits per heavy atom. The summed E-state index contributed by atoms with van der Waals surface area (Å²) in [4.78, 5) is 4.43. The summed E-state index contributed by atoms with van der Waals surface area (Å²) in [5.41, 5.74) is 0.912. The number of halogens is 1.